The quantitative estimate of drug-likeness (QED) is 0.137. The second kappa shape index (κ2) is 36.6. The van der Waals surface area contributed by atoms with Gasteiger partial charge in [-0.3, -0.25) is 0 Å². The second-order valence-corrected chi connectivity index (χ2v) is 54.0. The van der Waals surface area contributed by atoms with Gasteiger partial charge in [-0.2, -0.15) is 0 Å². The third-order valence-electron chi connectivity index (χ3n) is 23.8. The van der Waals surface area contributed by atoms with E-state index in [9.17, 15) is 10.0 Å². The minimum atomic E-state index is -1.15. The van der Waals surface area contributed by atoms with Crippen LogP contribution in [0.15, 0.2) is 114 Å². The molecule has 0 atom stereocenters. The topological polar surface area (TPSA) is 49.7 Å². The average Bonchev–Trinajstić information content (AvgIpc) is 1.57. The van der Waals surface area contributed by atoms with Crippen LogP contribution in [0.5, 0.6) is 0 Å². The van der Waals surface area contributed by atoms with Crippen LogP contribution in [-0.2, 0) is 104 Å². The van der Waals surface area contributed by atoms with Crippen molar-refractivity contribution in [2.75, 3.05) is 0 Å². The fraction of sp³-hybridized carbons (Fsp3) is 0.543. The molecule has 1 aliphatic heterocycles. The van der Waals surface area contributed by atoms with Crippen molar-refractivity contribution in [3.8, 4) is 22.3 Å². The Morgan fingerprint density at radius 3 is 0.825 bits per heavy atom. The van der Waals surface area contributed by atoms with Gasteiger partial charge in [-0.25, -0.2) is 0 Å². The second-order valence-electron chi connectivity index (χ2n) is 43.6. The summed E-state index contributed by atoms with van der Waals surface area (Å²) in [6.45, 7) is 73.8. The summed E-state index contributed by atoms with van der Waals surface area (Å²) < 4.78 is 6.85. The average molecular weight is 1730 g/mol. The molecule has 0 bridgehead atoms. The molecule has 7 aromatic carbocycles. The maximum Gasteiger partial charge on any atom is 0.478 e. The summed E-state index contributed by atoms with van der Waals surface area (Å²) in [5, 5.41) is 23.7. The van der Waals surface area contributed by atoms with Crippen LogP contribution in [0.2, 0.25) is 0 Å². The predicted octanol–water partition coefficient (Wildman–Crippen LogP) is 28.9. The Hall–Kier alpha value is -4.23. The molecule has 0 aromatic heterocycles. The first-order valence-electron chi connectivity index (χ1n) is 43.5. The van der Waals surface area contributed by atoms with Crippen LogP contribution in [0.3, 0.4) is 0 Å². The molecule has 620 valence electrons. The van der Waals surface area contributed by atoms with Crippen molar-refractivity contribution in [2.45, 2.75) is 370 Å². The van der Waals surface area contributed by atoms with E-state index in [-0.39, 0.29) is 57.9 Å². The molecule has 2 N–H and O–H groups in total. The molecule has 0 saturated heterocycles. The number of aryl methyl sites for hydroxylation is 3. The summed E-state index contributed by atoms with van der Waals surface area (Å²) in [4.78, 5) is 0. The van der Waals surface area contributed by atoms with Crippen LogP contribution in [0.1, 0.15) is 360 Å². The number of benzene rings is 7. The normalized spacial score (nSPS) is 16.0. The zero-order valence-corrected chi connectivity index (χ0v) is 82.2. The minimum absolute atomic E-state index is 0. The molecule has 0 amide bonds. The molecule has 6 aliphatic carbocycles. The van der Waals surface area contributed by atoms with Crippen LogP contribution in [0.4, 0.5) is 0 Å². The first-order chi connectivity index (χ1) is 52.1. The summed E-state index contributed by atoms with van der Waals surface area (Å²) >= 11 is 3.61. The van der Waals surface area contributed by atoms with Crippen molar-refractivity contribution >= 4 is 86.3 Å². The minimum Gasteiger partial charge on any atom is -0.443 e. The third kappa shape index (κ3) is 22.9. The Morgan fingerprint density at radius 2 is 0.553 bits per heavy atom. The van der Waals surface area contributed by atoms with Crippen molar-refractivity contribution in [1.29, 1.82) is 0 Å². The number of hydrogen-bond donors (Lipinski definition) is 2. The monoisotopic (exact) mass is 1730 g/mol. The standard InChI is InChI=1S/C46H50.C20H26B2O3.C13H13Br.2C12H27P.C2H6.Pd/c1-45(2,3)35-19-21-39(43(27-35)33-23-31-17-15-29-11-7-9-13-37(29)41(31)25-33)40-22-20-36(46(4,5)6)28-44(40)34-24-32-18-16-30-12-8-10-14-38(30)42(32)26-34;1-19(2,3)13-7-9-15-16-10-8-14(20(4,5)6)12-18(16)22(24)25-21(23)17(15)11-13;14-11-7-10-6-5-9-3-1-2-4-12(9)13(10)8-11;2*1-10(2,3)13(11(4,5)6)12(7,8)9;1-2;/h15-24,27-28H,7-14,25-26H2,1-6H3;7-12,23-24H,1-6H3;5-7H,1-4,8H2;2*1-9H3;1-2H3;. The smallest absolute Gasteiger partial charge is 0.443 e. The number of rotatable bonds is 3. The summed E-state index contributed by atoms with van der Waals surface area (Å²) in [6, 6.07) is 41.3. The molecule has 1 heterocycles. The number of allylic oxidation sites excluding steroid dienone is 3. The Labute approximate surface area is 722 Å². The van der Waals surface area contributed by atoms with E-state index in [1.54, 1.807) is 50.1 Å². The van der Waals surface area contributed by atoms with Gasteiger partial charge in [-0.05, 0) is 293 Å². The van der Waals surface area contributed by atoms with Gasteiger partial charge >= 0.3 is 14.2 Å². The number of halogens is 1. The van der Waals surface area contributed by atoms with Crippen LogP contribution < -0.4 is 10.9 Å². The first kappa shape index (κ1) is 95.2. The third-order valence-corrected chi connectivity index (χ3v) is 32.4. The van der Waals surface area contributed by atoms with Gasteiger partial charge < -0.3 is 14.6 Å². The molecule has 7 aromatic rings. The molecule has 3 nitrogen and oxygen atoms in total. The van der Waals surface area contributed by atoms with Crippen molar-refractivity contribution in [3.05, 3.63) is 214 Å². The van der Waals surface area contributed by atoms with Gasteiger partial charge in [0.1, 0.15) is 0 Å². The molecule has 0 fully saturated rings. The fourth-order valence-electron chi connectivity index (χ4n) is 20.7. The van der Waals surface area contributed by atoms with Gasteiger partial charge in [0, 0.05) is 31.3 Å². The first-order valence-corrected chi connectivity index (χ1v) is 47.0. The molecule has 0 spiro atoms. The SMILES string of the molecule is BrC1=Cc2ccc3c(c2C1)CCCC3.CC.CC(C)(C)P(C(C)(C)C)C(C)(C)C.CC(C)(C)P(C(C)(C)C)C(C)(C)C.CC(C)(C)c1ccc(-c2ccc(C(C)(C)C)cc2C2=Cc3ccc4c(c3C2)CCCC4)c(C2=Cc3ccc4c(c3C2)CCCC4)c1.CC(C)(C)c1ccc2c(c1)B(O)OB(O)c1cc(C(C)(C)C)ccc1-2.[Pd]. The van der Waals surface area contributed by atoms with Crippen molar-refractivity contribution in [2.24, 2.45) is 0 Å². The van der Waals surface area contributed by atoms with E-state index in [0.717, 1.165) is 41.5 Å². The molecule has 0 saturated carbocycles. The maximum atomic E-state index is 10.5. The number of hydrogen-bond acceptors (Lipinski definition) is 3. The van der Waals surface area contributed by atoms with E-state index in [1.165, 1.54) is 143 Å². The van der Waals surface area contributed by atoms with Crippen molar-refractivity contribution < 1.29 is 35.0 Å². The maximum absolute atomic E-state index is 10.5. The predicted molar refractivity (Wildman–Crippen MR) is 512 cm³/mol. The van der Waals surface area contributed by atoms with E-state index in [2.05, 4.69) is 327 Å². The van der Waals surface area contributed by atoms with E-state index in [4.69, 9.17) is 4.57 Å². The number of fused-ring (bicyclic) bond motifs is 12. The van der Waals surface area contributed by atoms with Gasteiger partial charge in [-0.1, -0.05) is 375 Å². The van der Waals surface area contributed by atoms with E-state index < -0.39 is 14.2 Å². The molecular formula is C105H149B2BrO3P2Pd. The van der Waals surface area contributed by atoms with E-state index in [0.29, 0.717) is 41.9 Å². The zero-order chi connectivity index (χ0) is 84.1. The van der Waals surface area contributed by atoms with Crippen LogP contribution in [-0.4, -0.2) is 55.2 Å². The van der Waals surface area contributed by atoms with Crippen LogP contribution in [0.25, 0.3) is 51.6 Å². The van der Waals surface area contributed by atoms with Crippen molar-refractivity contribution in [1.82, 2.24) is 0 Å². The van der Waals surface area contributed by atoms with Crippen LogP contribution >= 0.6 is 31.8 Å². The summed E-state index contributed by atoms with van der Waals surface area (Å²) in [5.74, 6) is 0. The largest absolute Gasteiger partial charge is 0.478 e. The van der Waals surface area contributed by atoms with Gasteiger partial charge in [0.2, 0.25) is 0 Å². The van der Waals surface area contributed by atoms with Gasteiger partial charge in [-0.15, -0.1) is 0 Å². The molecule has 0 unspecified atom stereocenters. The molecule has 9 heteroatoms. The zero-order valence-electron chi connectivity index (χ0n) is 77.3. The van der Waals surface area contributed by atoms with Gasteiger partial charge in [0.15, 0.2) is 0 Å². The molecular weight excluding hydrogens is 1580 g/mol. The fourth-order valence-corrected chi connectivity index (χ4v) is 33.3. The van der Waals surface area contributed by atoms with E-state index >= 15 is 0 Å². The Kier molecular flexibility index (Phi) is 30.6. The Morgan fingerprint density at radius 1 is 0.298 bits per heavy atom. The van der Waals surface area contributed by atoms with Gasteiger partial charge in [0.25, 0.3) is 0 Å². The molecule has 0 radical (unpaired) electrons. The van der Waals surface area contributed by atoms with E-state index in [1.807, 2.05) is 38.1 Å². The Bertz CT molecular complexity index is 4330. The molecule has 14 rings (SSSR count). The van der Waals surface area contributed by atoms with Crippen LogP contribution in [0, 0.1) is 0 Å². The molecule has 7 aliphatic rings. The Balaban J connectivity index is 0.000000200. The summed E-state index contributed by atoms with van der Waals surface area (Å²) in [5.41, 5.74) is 35.9. The summed E-state index contributed by atoms with van der Waals surface area (Å²) in [6.07, 6.45) is 26.2. The van der Waals surface area contributed by atoms with Gasteiger partial charge in [0.05, 0.1) is 0 Å². The van der Waals surface area contributed by atoms with Crippen molar-refractivity contribution in [3.63, 3.8) is 0 Å². The summed E-state index contributed by atoms with van der Waals surface area (Å²) in [7, 11) is -2.28. The molecule has 114 heavy (non-hydrogen) atoms.